The van der Waals surface area contributed by atoms with E-state index < -0.39 is 5.82 Å². The molecule has 102 valence electrons. The highest BCUT2D eigenvalue weighted by molar-refractivity contribution is 6.31. The number of benzene rings is 1. The number of aromatic nitrogens is 3. The van der Waals surface area contributed by atoms with Gasteiger partial charge in [-0.3, -0.25) is 0 Å². The van der Waals surface area contributed by atoms with E-state index >= 15 is 0 Å². The van der Waals surface area contributed by atoms with Crippen LogP contribution in [0.15, 0.2) is 18.2 Å². The quantitative estimate of drug-likeness (QED) is 0.938. The van der Waals surface area contributed by atoms with E-state index in [1.165, 1.54) is 6.07 Å². The first-order chi connectivity index (χ1) is 9.02. The summed E-state index contributed by atoms with van der Waals surface area (Å²) in [4.78, 5) is 0. The lowest BCUT2D eigenvalue weighted by molar-refractivity contribution is 0.510. The summed E-state index contributed by atoms with van der Waals surface area (Å²) in [6.07, 6.45) is 0. The van der Waals surface area contributed by atoms with Crippen molar-refractivity contribution in [3.63, 3.8) is 0 Å². The molecule has 1 aromatic heterocycles. The minimum absolute atomic E-state index is 0.0749. The predicted molar refractivity (Wildman–Crippen MR) is 73.2 cm³/mol. The van der Waals surface area contributed by atoms with Crippen molar-refractivity contribution in [2.24, 2.45) is 11.7 Å². The van der Waals surface area contributed by atoms with Gasteiger partial charge in [0.2, 0.25) is 0 Å². The second kappa shape index (κ2) is 5.67. The van der Waals surface area contributed by atoms with Crippen molar-refractivity contribution < 1.29 is 4.39 Å². The van der Waals surface area contributed by atoms with Crippen LogP contribution in [0.25, 0.3) is 11.4 Å². The minimum Gasteiger partial charge on any atom is -0.324 e. The van der Waals surface area contributed by atoms with Crippen molar-refractivity contribution >= 4 is 11.6 Å². The van der Waals surface area contributed by atoms with Crippen LogP contribution in [-0.4, -0.2) is 14.8 Å². The van der Waals surface area contributed by atoms with Crippen LogP contribution in [0.4, 0.5) is 4.39 Å². The smallest absolute Gasteiger partial charge is 0.164 e. The van der Waals surface area contributed by atoms with Crippen molar-refractivity contribution in [2.45, 2.75) is 26.9 Å². The molecule has 2 rings (SSSR count). The maximum absolute atomic E-state index is 13.2. The molecule has 19 heavy (non-hydrogen) atoms. The summed E-state index contributed by atoms with van der Waals surface area (Å²) in [6, 6.07) is 4.52. The minimum atomic E-state index is -0.445. The van der Waals surface area contributed by atoms with Crippen LogP contribution in [0, 0.1) is 11.7 Å². The first kappa shape index (κ1) is 14.0. The van der Waals surface area contributed by atoms with Gasteiger partial charge in [0.05, 0.1) is 11.6 Å². The van der Waals surface area contributed by atoms with Gasteiger partial charge in [0.15, 0.2) is 5.82 Å². The summed E-state index contributed by atoms with van der Waals surface area (Å²) in [5.41, 5.74) is 6.40. The number of halogens is 2. The van der Waals surface area contributed by atoms with Gasteiger partial charge in [-0.1, -0.05) is 25.4 Å². The molecule has 0 unspecified atom stereocenters. The number of rotatable bonds is 4. The molecule has 0 radical (unpaired) electrons. The summed E-state index contributed by atoms with van der Waals surface area (Å²) in [7, 11) is 0. The van der Waals surface area contributed by atoms with Crippen LogP contribution < -0.4 is 5.73 Å². The number of nitrogens with zero attached hydrogens (tertiary/aromatic N) is 3. The largest absolute Gasteiger partial charge is 0.324 e. The van der Waals surface area contributed by atoms with Crippen LogP contribution in [0.1, 0.15) is 19.7 Å². The van der Waals surface area contributed by atoms with Crippen LogP contribution in [0.3, 0.4) is 0 Å². The number of nitrogens with two attached hydrogens (primary N) is 1. The lowest BCUT2D eigenvalue weighted by Crippen LogP contribution is -2.13. The molecule has 0 fully saturated rings. The zero-order valence-corrected chi connectivity index (χ0v) is 11.7. The molecule has 4 nitrogen and oxygen atoms in total. The lowest BCUT2D eigenvalue weighted by atomic mass is 10.2. The molecule has 0 atom stereocenters. The molecule has 2 aromatic rings. The highest BCUT2D eigenvalue weighted by Gasteiger charge is 2.15. The normalized spacial score (nSPS) is 11.3. The van der Waals surface area contributed by atoms with Crippen molar-refractivity contribution in [3.8, 4) is 11.4 Å². The highest BCUT2D eigenvalue weighted by Crippen LogP contribution is 2.24. The van der Waals surface area contributed by atoms with Gasteiger partial charge in [-0.05, 0) is 24.1 Å². The van der Waals surface area contributed by atoms with Gasteiger partial charge in [-0.25, -0.2) is 4.39 Å². The molecule has 0 spiro atoms. The third kappa shape index (κ3) is 2.93. The molecule has 0 bridgehead atoms. The van der Waals surface area contributed by atoms with Gasteiger partial charge < -0.3 is 10.3 Å². The highest BCUT2D eigenvalue weighted by atomic mass is 35.5. The fourth-order valence-corrected chi connectivity index (χ4v) is 2.07. The average Bonchev–Trinajstić information content (AvgIpc) is 2.75. The molecular formula is C13H16ClFN4. The second-order valence-corrected chi connectivity index (χ2v) is 5.18. The van der Waals surface area contributed by atoms with Crippen LogP contribution in [-0.2, 0) is 13.1 Å². The average molecular weight is 283 g/mol. The Labute approximate surface area is 116 Å². The Morgan fingerprint density at radius 1 is 1.37 bits per heavy atom. The number of hydrogen-bond donors (Lipinski definition) is 1. The van der Waals surface area contributed by atoms with Gasteiger partial charge in [-0.2, -0.15) is 0 Å². The van der Waals surface area contributed by atoms with Gasteiger partial charge in [0.25, 0.3) is 0 Å². The summed E-state index contributed by atoms with van der Waals surface area (Å²) in [5.74, 6) is 1.36. The van der Waals surface area contributed by atoms with Crippen molar-refractivity contribution in [2.75, 3.05) is 0 Å². The van der Waals surface area contributed by atoms with Gasteiger partial charge in [-0.15, -0.1) is 10.2 Å². The fraction of sp³-hybridized carbons (Fsp3) is 0.385. The molecule has 0 saturated heterocycles. The monoisotopic (exact) mass is 282 g/mol. The van der Waals surface area contributed by atoms with Crippen molar-refractivity contribution in [3.05, 3.63) is 34.9 Å². The van der Waals surface area contributed by atoms with Crippen LogP contribution >= 0.6 is 11.6 Å². The molecule has 0 aliphatic rings. The van der Waals surface area contributed by atoms with Crippen molar-refractivity contribution in [1.29, 1.82) is 0 Å². The Bertz CT molecular complexity index is 580. The SMILES string of the molecule is CC(C)Cn1c(CN)nnc1-c1ccc(F)c(Cl)c1. The predicted octanol–water partition coefficient (Wildman–Crippen LogP) is 2.85. The third-order valence-electron chi connectivity index (χ3n) is 2.74. The molecular weight excluding hydrogens is 267 g/mol. The van der Waals surface area contributed by atoms with E-state index in [0.717, 1.165) is 12.1 Å². The summed E-state index contributed by atoms with van der Waals surface area (Å²) < 4.78 is 15.2. The summed E-state index contributed by atoms with van der Waals surface area (Å²) in [6.45, 7) is 5.27. The fourth-order valence-electron chi connectivity index (χ4n) is 1.89. The van der Waals surface area contributed by atoms with E-state index in [4.69, 9.17) is 17.3 Å². The molecule has 1 aromatic carbocycles. The standard InChI is InChI=1S/C13H16ClFN4/c1-8(2)7-19-12(6-16)17-18-13(19)9-3-4-11(15)10(14)5-9/h3-5,8H,6-7,16H2,1-2H3. The van der Waals surface area contributed by atoms with Gasteiger partial charge in [0, 0.05) is 12.1 Å². The molecule has 0 saturated carbocycles. The second-order valence-electron chi connectivity index (χ2n) is 4.78. The zero-order chi connectivity index (χ0) is 14.0. The Balaban J connectivity index is 2.48. The zero-order valence-electron chi connectivity index (χ0n) is 10.9. The molecule has 0 amide bonds. The Morgan fingerprint density at radius 2 is 2.11 bits per heavy atom. The summed E-state index contributed by atoms with van der Waals surface area (Å²) >= 11 is 5.81. The first-order valence-corrected chi connectivity index (χ1v) is 6.48. The number of hydrogen-bond acceptors (Lipinski definition) is 3. The van der Waals surface area contributed by atoms with Crippen LogP contribution in [0.2, 0.25) is 5.02 Å². The maximum atomic E-state index is 13.2. The van der Waals surface area contributed by atoms with E-state index in [9.17, 15) is 4.39 Å². The molecule has 1 heterocycles. The van der Waals surface area contributed by atoms with Gasteiger partial charge >= 0.3 is 0 Å². The lowest BCUT2D eigenvalue weighted by Gasteiger charge is -2.12. The molecule has 0 aliphatic carbocycles. The molecule has 6 heteroatoms. The Hall–Kier alpha value is -1.46. The Morgan fingerprint density at radius 3 is 2.68 bits per heavy atom. The van der Waals surface area contributed by atoms with Crippen LogP contribution in [0.5, 0.6) is 0 Å². The third-order valence-corrected chi connectivity index (χ3v) is 3.03. The topological polar surface area (TPSA) is 56.7 Å². The Kier molecular flexibility index (Phi) is 4.17. The molecule has 0 aliphatic heterocycles. The van der Waals surface area contributed by atoms with E-state index in [1.807, 2.05) is 4.57 Å². The van der Waals surface area contributed by atoms with Gasteiger partial charge in [0.1, 0.15) is 11.6 Å². The van der Waals surface area contributed by atoms with E-state index in [0.29, 0.717) is 24.1 Å². The first-order valence-electron chi connectivity index (χ1n) is 6.10. The van der Waals surface area contributed by atoms with E-state index in [1.54, 1.807) is 12.1 Å². The summed E-state index contributed by atoms with van der Waals surface area (Å²) in [5, 5.41) is 8.28. The van der Waals surface area contributed by atoms with E-state index in [2.05, 4.69) is 24.0 Å². The van der Waals surface area contributed by atoms with Crippen molar-refractivity contribution in [1.82, 2.24) is 14.8 Å². The van der Waals surface area contributed by atoms with E-state index in [-0.39, 0.29) is 5.02 Å². The maximum Gasteiger partial charge on any atom is 0.164 e. The molecule has 2 N–H and O–H groups in total.